The first-order chi connectivity index (χ1) is 16.0. The van der Waals surface area contributed by atoms with Crippen LogP contribution in [0.25, 0.3) is 0 Å². The number of nitrogens with one attached hydrogen (secondary N) is 1. The predicted molar refractivity (Wildman–Crippen MR) is 139 cm³/mol. The molecule has 2 aliphatic heterocycles. The summed E-state index contributed by atoms with van der Waals surface area (Å²) < 4.78 is 0. The van der Waals surface area contributed by atoms with Crippen molar-refractivity contribution in [2.45, 2.75) is 45.6 Å². The second-order valence-electron chi connectivity index (χ2n) is 8.92. The number of nitrogens with zero attached hydrogens (tertiary/aromatic N) is 5. The second-order valence-corrected chi connectivity index (χ2v) is 9.28. The van der Waals surface area contributed by atoms with Crippen LogP contribution in [-0.2, 0) is 12.8 Å². The molecule has 0 aromatic carbocycles. The summed E-state index contributed by atoms with van der Waals surface area (Å²) in [6.45, 7) is 13.7. The van der Waals surface area contributed by atoms with E-state index in [2.05, 4.69) is 74.9 Å². The largest absolute Gasteiger partial charge is 0.355 e. The quantitative estimate of drug-likeness (QED) is 0.502. The van der Waals surface area contributed by atoms with Gasteiger partial charge in [-0.2, -0.15) is 0 Å². The number of fused-ring (bicyclic) bond motifs is 1. The molecule has 1 fully saturated rings. The molecule has 4 rings (SSSR count). The Labute approximate surface area is 204 Å². The standard InChI is InChI=1S/C17H28ClN5.C9H11N/c1-14(2)21-9-11-22(12-10-21)16-7-5-6-8-23(16)17(18)15(20-4)13-19-3;1-2-6-9-8(4-1)5-3-7-10-9/h5-7,14,19H,4,8-13H2,1-3H3;3,5,7H,1-2,4,6H2/b17-15-;. The summed E-state index contributed by atoms with van der Waals surface area (Å²) in [5.74, 6) is 1.15. The van der Waals surface area contributed by atoms with Gasteiger partial charge in [0.05, 0.1) is 5.70 Å². The molecule has 1 aromatic rings. The lowest BCUT2D eigenvalue weighted by Gasteiger charge is -2.42. The molecule has 7 heteroatoms. The molecule has 1 N–H and O–H groups in total. The number of aromatic nitrogens is 1. The van der Waals surface area contributed by atoms with E-state index in [9.17, 15) is 0 Å². The zero-order valence-corrected chi connectivity index (χ0v) is 21.2. The van der Waals surface area contributed by atoms with Crippen molar-refractivity contribution in [1.82, 2.24) is 25.0 Å². The molecule has 0 amide bonds. The molecule has 1 aliphatic carbocycles. The minimum Gasteiger partial charge on any atom is -0.355 e. The number of hydrogen-bond acceptors (Lipinski definition) is 6. The van der Waals surface area contributed by atoms with Crippen molar-refractivity contribution in [3.63, 3.8) is 0 Å². The van der Waals surface area contributed by atoms with Crippen LogP contribution in [0.5, 0.6) is 0 Å². The molecular formula is C26H39ClN6. The Kier molecular flexibility index (Phi) is 9.97. The van der Waals surface area contributed by atoms with Gasteiger partial charge in [-0.3, -0.25) is 14.9 Å². The van der Waals surface area contributed by atoms with Crippen molar-refractivity contribution in [3.05, 3.63) is 64.5 Å². The third kappa shape index (κ3) is 6.92. The predicted octanol–water partition coefficient (Wildman–Crippen LogP) is 4.01. The van der Waals surface area contributed by atoms with E-state index in [4.69, 9.17) is 11.6 Å². The van der Waals surface area contributed by atoms with E-state index in [0.29, 0.717) is 17.7 Å². The van der Waals surface area contributed by atoms with Gasteiger partial charge in [0.15, 0.2) is 0 Å². The summed E-state index contributed by atoms with van der Waals surface area (Å²) in [4.78, 5) is 15.4. The van der Waals surface area contributed by atoms with Crippen molar-refractivity contribution in [2.24, 2.45) is 4.99 Å². The molecular weight excluding hydrogens is 432 g/mol. The lowest BCUT2D eigenvalue weighted by molar-refractivity contribution is 0.111. The highest BCUT2D eigenvalue weighted by Gasteiger charge is 2.26. The van der Waals surface area contributed by atoms with Crippen LogP contribution >= 0.6 is 11.6 Å². The number of allylic oxidation sites excluding steroid dienone is 2. The fourth-order valence-corrected chi connectivity index (χ4v) is 4.76. The van der Waals surface area contributed by atoms with E-state index in [0.717, 1.165) is 44.2 Å². The summed E-state index contributed by atoms with van der Waals surface area (Å²) in [5, 5.41) is 3.74. The van der Waals surface area contributed by atoms with E-state index in [1.807, 2.05) is 19.3 Å². The Morgan fingerprint density at radius 3 is 2.64 bits per heavy atom. The zero-order chi connectivity index (χ0) is 23.6. The summed E-state index contributed by atoms with van der Waals surface area (Å²) >= 11 is 6.62. The third-order valence-electron chi connectivity index (χ3n) is 6.42. The Hall–Kier alpha value is -2.15. The lowest BCUT2D eigenvalue weighted by Crippen LogP contribution is -2.50. The second kappa shape index (κ2) is 12.9. The minimum atomic E-state index is 0.601. The van der Waals surface area contributed by atoms with Crippen LogP contribution in [0, 0.1) is 0 Å². The Morgan fingerprint density at radius 1 is 1.21 bits per heavy atom. The van der Waals surface area contributed by atoms with Crippen LogP contribution in [0.1, 0.15) is 37.9 Å². The zero-order valence-electron chi connectivity index (χ0n) is 20.4. The van der Waals surface area contributed by atoms with Crippen LogP contribution in [0.2, 0.25) is 0 Å². The first-order valence-electron chi connectivity index (χ1n) is 12.1. The van der Waals surface area contributed by atoms with Gasteiger partial charge in [0.1, 0.15) is 11.0 Å². The number of pyridine rings is 1. The summed E-state index contributed by atoms with van der Waals surface area (Å²) in [6.07, 6.45) is 13.3. The SMILES string of the molecule is C=N/C(CNC)=C(/Cl)N1CC=CC=C1N1CCN(C(C)C)CC1.c1cnc2c(c1)CCCC2. The number of piperazine rings is 1. The number of rotatable bonds is 6. The number of aliphatic imine (C=N–C) groups is 1. The van der Waals surface area contributed by atoms with Crippen molar-refractivity contribution >= 4 is 18.3 Å². The monoisotopic (exact) mass is 470 g/mol. The highest BCUT2D eigenvalue weighted by Crippen LogP contribution is 2.26. The van der Waals surface area contributed by atoms with Gasteiger partial charge in [-0.25, -0.2) is 0 Å². The molecule has 1 aromatic heterocycles. The minimum absolute atomic E-state index is 0.601. The normalized spacial score (nSPS) is 19.4. The molecule has 1 saturated heterocycles. The molecule has 3 aliphatic rings. The summed E-state index contributed by atoms with van der Waals surface area (Å²) in [6, 6.07) is 4.83. The molecule has 6 nitrogen and oxygen atoms in total. The van der Waals surface area contributed by atoms with Gasteiger partial charge in [0, 0.05) is 57.2 Å². The number of halogens is 1. The maximum absolute atomic E-state index is 6.62. The Bertz CT molecular complexity index is 842. The van der Waals surface area contributed by atoms with E-state index >= 15 is 0 Å². The molecule has 0 spiro atoms. The van der Waals surface area contributed by atoms with Crippen molar-refractivity contribution in [2.75, 3.05) is 46.3 Å². The summed E-state index contributed by atoms with van der Waals surface area (Å²) in [7, 11) is 1.88. The van der Waals surface area contributed by atoms with Gasteiger partial charge in [0.25, 0.3) is 0 Å². The fraction of sp³-hybridized carbons (Fsp3) is 0.538. The van der Waals surface area contributed by atoms with Crippen molar-refractivity contribution in [1.29, 1.82) is 0 Å². The number of hydrogen-bond donors (Lipinski definition) is 1. The summed E-state index contributed by atoms with van der Waals surface area (Å²) in [5.41, 5.74) is 3.57. The van der Waals surface area contributed by atoms with Crippen LogP contribution in [0.3, 0.4) is 0 Å². The van der Waals surface area contributed by atoms with Crippen molar-refractivity contribution in [3.8, 4) is 0 Å². The van der Waals surface area contributed by atoms with Crippen LogP contribution in [0.4, 0.5) is 0 Å². The Morgan fingerprint density at radius 2 is 1.97 bits per heavy atom. The molecule has 180 valence electrons. The maximum atomic E-state index is 6.62. The maximum Gasteiger partial charge on any atom is 0.133 e. The molecule has 0 atom stereocenters. The van der Waals surface area contributed by atoms with Gasteiger partial charge in [-0.05, 0) is 71.0 Å². The van der Waals surface area contributed by atoms with Crippen LogP contribution < -0.4 is 5.32 Å². The van der Waals surface area contributed by atoms with Gasteiger partial charge in [-0.15, -0.1) is 0 Å². The molecule has 0 radical (unpaired) electrons. The van der Waals surface area contributed by atoms with E-state index < -0.39 is 0 Å². The van der Waals surface area contributed by atoms with E-state index in [-0.39, 0.29) is 0 Å². The van der Waals surface area contributed by atoms with Crippen molar-refractivity contribution < 1.29 is 0 Å². The molecule has 0 unspecified atom stereocenters. The number of aryl methyl sites for hydroxylation is 2. The van der Waals surface area contributed by atoms with Crippen LogP contribution in [-0.4, -0.2) is 78.8 Å². The van der Waals surface area contributed by atoms with Gasteiger partial charge >= 0.3 is 0 Å². The average molecular weight is 471 g/mol. The lowest BCUT2D eigenvalue weighted by atomic mass is 9.96. The first kappa shape index (κ1) is 25.5. The van der Waals surface area contributed by atoms with Crippen LogP contribution in [0.15, 0.2) is 58.2 Å². The third-order valence-corrected chi connectivity index (χ3v) is 6.84. The number of likely N-dealkylation sites (N-methyl/N-ethyl adjacent to an activating group) is 1. The average Bonchev–Trinajstić information content (AvgIpc) is 2.87. The van der Waals surface area contributed by atoms with E-state index in [1.54, 1.807) is 0 Å². The smallest absolute Gasteiger partial charge is 0.133 e. The van der Waals surface area contributed by atoms with Gasteiger partial charge < -0.3 is 15.1 Å². The first-order valence-corrected chi connectivity index (χ1v) is 12.5. The highest BCUT2D eigenvalue weighted by atomic mass is 35.5. The molecule has 3 heterocycles. The molecule has 0 bridgehead atoms. The van der Waals surface area contributed by atoms with E-state index in [1.165, 1.54) is 36.9 Å². The molecule has 0 saturated carbocycles. The van der Waals surface area contributed by atoms with Gasteiger partial charge in [0.2, 0.25) is 0 Å². The fourth-order valence-electron chi connectivity index (χ4n) is 4.48. The topological polar surface area (TPSA) is 47.0 Å². The van der Waals surface area contributed by atoms with Gasteiger partial charge in [-0.1, -0.05) is 29.8 Å². The molecule has 33 heavy (non-hydrogen) atoms. The Balaban J connectivity index is 0.000000252. The highest BCUT2D eigenvalue weighted by molar-refractivity contribution is 6.29.